The maximum atomic E-state index is 12.7. The van der Waals surface area contributed by atoms with Crippen molar-refractivity contribution in [3.05, 3.63) is 29.6 Å². The van der Waals surface area contributed by atoms with E-state index in [4.69, 9.17) is 19.8 Å². The smallest absolute Gasteiger partial charge is 0.180 e. The second kappa shape index (κ2) is 9.51. The van der Waals surface area contributed by atoms with E-state index >= 15 is 0 Å². The van der Waals surface area contributed by atoms with Gasteiger partial charge in [0, 0.05) is 37.0 Å². The van der Waals surface area contributed by atoms with Crippen LogP contribution in [-0.4, -0.2) is 52.6 Å². The van der Waals surface area contributed by atoms with Crippen molar-refractivity contribution in [1.29, 1.82) is 0 Å². The van der Waals surface area contributed by atoms with Crippen LogP contribution >= 0.6 is 0 Å². The first-order chi connectivity index (χ1) is 14.3. The summed E-state index contributed by atoms with van der Waals surface area (Å²) in [5.74, 6) is 2.19. The summed E-state index contributed by atoms with van der Waals surface area (Å²) in [5.41, 5.74) is 2.80. The average molecular weight is 413 g/mol. The van der Waals surface area contributed by atoms with Crippen molar-refractivity contribution in [2.75, 3.05) is 31.7 Å². The Bertz CT molecular complexity index is 898. The Labute approximate surface area is 178 Å². The van der Waals surface area contributed by atoms with E-state index in [2.05, 4.69) is 25.8 Å². The number of aliphatic hydroxyl groups is 1. The molecule has 0 amide bonds. The number of Topliss-reactive ketones (excluding diaryl/α,β-unsaturated/α-hetero) is 1. The summed E-state index contributed by atoms with van der Waals surface area (Å²) in [7, 11) is 1.93. The Hall–Kier alpha value is -2.54. The van der Waals surface area contributed by atoms with Crippen molar-refractivity contribution >= 4 is 11.6 Å². The lowest BCUT2D eigenvalue weighted by Gasteiger charge is -2.25. The highest BCUT2D eigenvalue weighted by Crippen LogP contribution is 2.32. The number of nitrogens with zero attached hydrogens (tertiary/aromatic N) is 4. The molecule has 0 bridgehead atoms. The van der Waals surface area contributed by atoms with Gasteiger partial charge in [0.1, 0.15) is 23.9 Å². The van der Waals surface area contributed by atoms with Crippen molar-refractivity contribution < 1.29 is 14.6 Å². The third-order valence-corrected chi connectivity index (χ3v) is 5.64. The molecular formula is C23H32N4O3. The van der Waals surface area contributed by atoms with Gasteiger partial charge in [0.15, 0.2) is 11.6 Å². The fourth-order valence-corrected chi connectivity index (χ4v) is 3.68. The number of likely N-dealkylation sites (N-methyl/N-ethyl adjacent to an activating group) is 1. The molecule has 0 spiro atoms. The number of aromatic nitrogens is 3. The van der Waals surface area contributed by atoms with Gasteiger partial charge in [-0.15, -0.1) is 0 Å². The first-order valence-electron chi connectivity index (χ1n) is 10.7. The van der Waals surface area contributed by atoms with E-state index in [9.17, 15) is 4.79 Å². The summed E-state index contributed by atoms with van der Waals surface area (Å²) in [5, 5.41) is 8.98. The van der Waals surface area contributed by atoms with Crippen molar-refractivity contribution in [3.8, 4) is 17.3 Å². The van der Waals surface area contributed by atoms with Gasteiger partial charge < -0.3 is 14.7 Å². The lowest BCUT2D eigenvalue weighted by molar-refractivity contribution is -0.119. The molecule has 30 heavy (non-hydrogen) atoms. The molecule has 0 fully saturated rings. The van der Waals surface area contributed by atoms with E-state index in [0.717, 1.165) is 42.8 Å². The zero-order chi connectivity index (χ0) is 21.7. The van der Waals surface area contributed by atoms with E-state index in [1.807, 2.05) is 11.9 Å². The Balaban J connectivity index is 1.87. The van der Waals surface area contributed by atoms with Crippen LogP contribution in [0, 0.1) is 5.41 Å². The van der Waals surface area contributed by atoms with E-state index in [-0.39, 0.29) is 24.4 Å². The van der Waals surface area contributed by atoms with Gasteiger partial charge in [0.2, 0.25) is 0 Å². The third-order valence-electron chi connectivity index (χ3n) is 5.64. The van der Waals surface area contributed by atoms with Gasteiger partial charge in [-0.2, -0.15) is 0 Å². The van der Waals surface area contributed by atoms with Gasteiger partial charge in [-0.25, -0.2) is 9.97 Å². The number of ketones is 1. The molecule has 1 aliphatic rings. The number of aliphatic hydroxyl groups excluding tert-OH is 1. The number of ether oxygens (including phenoxy) is 1. The number of carbonyl (C=O) groups excluding carboxylic acids is 1. The molecule has 0 saturated carbocycles. The van der Waals surface area contributed by atoms with Crippen molar-refractivity contribution in [1.82, 2.24) is 15.0 Å². The van der Waals surface area contributed by atoms with Crippen LogP contribution in [0.1, 0.15) is 51.3 Å². The number of anilines is 1. The molecule has 2 heterocycles. The number of rotatable bonds is 10. The molecule has 162 valence electrons. The predicted octanol–water partition coefficient (Wildman–Crippen LogP) is 3.23. The summed E-state index contributed by atoms with van der Waals surface area (Å²) >= 11 is 0. The van der Waals surface area contributed by atoms with Crippen LogP contribution in [0.5, 0.6) is 5.75 Å². The molecule has 1 aliphatic carbocycles. The Morgan fingerprint density at radius 1 is 1.30 bits per heavy atom. The van der Waals surface area contributed by atoms with Crippen molar-refractivity contribution in [3.63, 3.8) is 0 Å². The van der Waals surface area contributed by atoms with Gasteiger partial charge in [-0.3, -0.25) is 9.78 Å². The van der Waals surface area contributed by atoms with Crippen LogP contribution in [0.2, 0.25) is 0 Å². The highest BCUT2D eigenvalue weighted by Gasteiger charge is 2.25. The minimum atomic E-state index is -0.0508. The highest BCUT2D eigenvalue weighted by molar-refractivity contribution is 5.84. The fourth-order valence-electron chi connectivity index (χ4n) is 3.68. The van der Waals surface area contributed by atoms with E-state index < -0.39 is 0 Å². The van der Waals surface area contributed by atoms with Gasteiger partial charge in [-0.05, 0) is 30.7 Å². The monoisotopic (exact) mass is 412 g/mol. The molecule has 3 rings (SSSR count). The van der Waals surface area contributed by atoms with Crippen molar-refractivity contribution in [2.45, 2.75) is 52.9 Å². The van der Waals surface area contributed by atoms with Gasteiger partial charge in [-0.1, -0.05) is 27.2 Å². The zero-order valence-electron chi connectivity index (χ0n) is 18.4. The first kappa shape index (κ1) is 22.2. The Kier molecular flexibility index (Phi) is 7.02. The third kappa shape index (κ3) is 5.33. The Morgan fingerprint density at radius 3 is 2.83 bits per heavy atom. The molecule has 7 heteroatoms. The summed E-state index contributed by atoms with van der Waals surface area (Å²) in [6.07, 6.45) is 6.05. The normalized spacial score (nSPS) is 13.2. The van der Waals surface area contributed by atoms with E-state index in [1.165, 1.54) is 0 Å². The molecular weight excluding hydrogens is 380 g/mol. The van der Waals surface area contributed by atoms with Gasteiger partial charge in [0.25, 0.3) is 0 Å². The summed E-state index contributed by atoms with van der Waals surface area (Å²) in [4.78, 5) is 28.6. The van der Waals surface area contributed by atoms with Crippen LogP contribution in [-0.2, 0) is 17.6 Å². The summed E-state index contributed by atoms with van der Waals surface area (Å²) in [6, 6.07) is 3.53. The molecule has 1 N–H and O–H groups in total. The molecule has 0 atom stereocenters. The molecule has 0 unspecified atom stereocenters. The van der Waals surface area contributed by atoms with Gasteiger partial charge >= 0.3 is 0 Å². The minimum Gasteiger partial charge on any atom is -0.491 e. The molecule has 0 radical (unpaired) electrons. The van der Waals surface area contributed by atoms with E-state index in [1.54, 1.807) is 18.3 Å². The summed E-state index contributed by atoms with van der Waals surface area (Å²) < 4.78 is 5.50. The second-order valence-electron chi connectivity index (χ2n) is 8.69. The standard InChI is InChI=1S/C23H32N4O3/c1-5-23(2,3)14-16(29)15-27(4)22-18-7-6-8-19(18)25-21(26-22)20-13-17(9-10-24-20)30-12-11-28/h9-10,13,28H,5-8,11-12,14-15H2,1-4H3. The summed E-state index contributed by atoms with van der Waals surface area (Å²) in [6.45, 7) is 6.88. The molecule has 2 aromatic rings. The number of aryl methyl sites for hydroxylation is 1. The number of carbonyl (C=O) groups is 1. The maximum Gasteiger partial charge on any atom is 0.180 e. The minimum absolute atomic E-state index is 0.00956. The molecule has 0 aromatic carbocycles. The molecule has 0 saturated heterocycles. The van der Waals surface area contributed by atoms with E-state index in [0.29, 0.717) is 30.2 Å². The number of fused-ring (bicyclic) bond motifs is 1. The van der Waals surface area contributed by atoms with Crippen LogP contribution in [0.4, 0.5) is 5.82 Å². The zero-order valence-corrected chi connectivity index (χ0v) is 18.4. The highest BCUT2D eigenvalue weighted by atomic mass is 16.5. The molecule has 0 aliphatic heterocycles. The number of pyridine rings is 1. The Morgan fingerprint density at radius 2 is 2.10 bits per heavy atom. The molecule has 7 nitrogen and oxygen atoms in total. The number of hydrogen-bond acceptors (Lipinski definition) is 7. The topological polar surface area (TPSA) is 88.4 Å². The fraction of sp³-hybridized carbons (Fsp3) is 0.565. The van der Waals surface area contributed by atoms with Crippen molar-refractivity contribution in [2.24, 2.45) is 5.41 Å². The predicted molar refractivity (Wildman–Crippen MR) is 117 cm³/mol. The SMILES string of the molecule is CCC(C)(C)CC(=O)CN(C)c1nc(-c2cc(OCCO)ccn2)nc2c1CCC2. The first-order valence-corrected chi connectivity index (χ1v) is 10.7. The molecule has 2 aromatic heterocycles. The lowest BCUT2D eigenvalue weighted by atomic mass is 9.84. The largest absolute Gasteiger partial charge is 0.491 e. The average Bonchev–Trinajstić information content (AvgIpc) is 3.20. The van der Waals surface area contributed by atoms with Crippen LogP contribution in [0.15, 0.2) is 18.3 Å². The quantitative estimate of drug-likeness (QED) is 0.641. The number of hydrogen-bond donors (Lipinski definition) is 1. The van der Waals surface area contributed by atoms with Crippen LogP contribution < -0.4 is 9.64 Å². The maximum absolute atomic E-state index is 12.7. The lowest BCUT2D eigenvalue weighted by Crippen LogP contribution is -2.30. The second-order valence-corrected chi connectivity index (χ2v) is 8.69. The van der Waals surface area contributed by atoms with Crippen LogP contribution in [0.3, 0.4) is 0 Å². The van der Waals surface area contributed by atoms with Gasteiger partial charge in [0.05, 0.1) is 13.2 Å². The van der Waals surface area contributed by atoms with Crippen LogP contribution in [0.25, 0.3) is 11.5 Å².